The van der Waals surface area contributed by atoms with Gasteiger partial charge in [0, 0.05) is 23.1 Å². The topological polar surface area (TPSA) is 104 Å². The summed E-state index contributed by atoms with van der Waals surface area (Å²) in [5.74, 6) is 1.09. The van der Waals surface area contributed by atoms with Crippen LogP contribution in [-0.2, 0) is 11.1 Å². The van der Waals surface area contributed by atoms with E-state index < -0.39 is 11.1 Å². The third-order valence-electron chi connectivity index (χ3n) is 6.71. The van der Waals surface area contributed by atoms with Gasteiger partial charge in [-0.05, 0) is 82.1 Å². The van der Waals surface area contributed by atoms with Crippen LogP contribution in [0.2, 0.25) is 0 Å². The highest BCUT2D eigenvalue weighted by atomic mass is 19.1. The number of carbonyl (C=O) groups is 1. The predicted molar refractivity (Wildman–Crippen MR) is 139 cm³/mol. The molecular weight excluding hydrogens is 475 g/mol. The Bertz CT molecular complexity index is 1340. The van der Waals surface area contributed by atoms with E-state index in [4.69, 9.17) is 24.9 Å². The highest BCUT2D eigenvalue weighted by Crippen LogP contribution is 2.44. The highest BCUT2D eigenvalue weighted by Gasteiger charge is 2.38. The van der Waals surface area contributed by atoms with E-state index in [-0.39, 0.29) is 31.0 Å². The number of halogens is 1. The van der Waals surface area contributed by atoms with E-state index in [1.54, 1.807) is 50.2 Å². The lowest BCUT2D eigenvalue weighted by atomic mass is 9.88. The number of hydrogen-bond acceptors (Lipinski definition) is 7. The molecule has 0 aliphatic carbocycles. The van der Waals surface area contributed by atoms with Gasteiger partial charge in [-0.25, -0.2) is 9.37 Å². The molecule has 1 aliphatic rings. The zero-order chi connectivity index (χ0) is 27.0. The predicted octanol–water partition coefficient (Wildman–Crippen LogP) is 5.04. The number of fused-ring (bicyclic) bond motifs is 1. The van der Waals surface area contributed by atoms with Crippen LogP contribution < -0.4 is 19.9 Å². The molecule has 7 nitrogen and oxygen atoms in total. The smallest absolute Gasteiger partial charge is 0.163 e. The Morgan fingerprint density at radius 3 is 2.68 bits per heavy atom. The van der Waals surface area contributed by atoms with Crippen LogP contribution in [0.1, 0.15) is 60.8 Å². The Balaban J connectivity index is 1.64. The highest BCUT2D eigenvalue weighted by molar-refractivity contribution is 5.96. The van der Waals surface area contributed by atoms with E-state index in [0.29, 0.717) is 57.5 Å². The molecule has 0 spiro atoms. The van der Waals surface area contributed by atoms with Crippen molar-refractivity contribution < 1.29 is 28.5 Å². The number of carbonyl (C=O) groups excluding carboxylic acids is 1. The molecule has 196 valence electrons. The van der Waals surface area contributed by atoms with Gasteiger partial charge < -0.3 is 25.1 Å². The minimum atomic E-state index is -1.44. The normalized spacial score (nSPS) is 18.1. The molecule has 37 heavy (non-hydrogen) atoms. The van der Waals surface area contributed by atoms with E-state index in [2.05, 4.69) is 0 Å². The number of aliphatic hydroxyl groups is 1. The van der Waals surface area contributed by atoms with Gasteiger partial charge in [0.05, 0.1) is 24.9 Å². The van der Waals surface area contributed by atoms with Gasteiger partial charge in [-0.2, -0.15) is 0 Å². The van der Waals surface area contributed by atoms with Gasteiger partial charge in [0.2, 0.25) is 0 Å². The molecule has 3 aromatic rings. The van der Waals surface area contributed by atoms with Gasteiger partial charge in [-0.1, -0.05) is 0 Å². The fourth-order valence-corrected chi connectivity index (χ4v) is 4.41. The van der Waals surface area contributed by atoms with E-state index in [1.807, 2.05) is 13.8 Å². The van der Waals surface area contributed by atoms with Gasteiger partial charge in [-0.15, -0.1) is 0 Å². The molecule has 0 fully saturated rings. The summed E-state index contributed by atoms with van der Waals surface area (Å²) in [6.07, 6.45) is 0.196. The standard InChI is InChI=1S/C29H33FN2O5/c1-6-36-23-10-8-18(14-24(23)35-5)22(33)11-12-29(4,34)25-15-20-27(37-16-28(20,3)31)26(32-25)19-7-9-21(30)17(2)13-19/h7-10,13-15,34H,6,11-12,16,31H2,1-5H3. The number of rotatable bonds is 9. The molecule has 3 N–H and O–H groups in total. The maximum atomic E-state index is 13.9. The number of aromatic nitrogens is 1. The molecule has 0 amide bonds. The van der Waals surface area contributed by atoms with Gasteiger partial charge in [0.25, 0.3) is 0 Å². The summed E-state index contributed by atoms with van der Waals surface area (Å²) in [4.78, 5) is 17.7. The summed E-state index contributed by atoms with van der Waals surface area (Å²) in [5, 5.41) is 11.5. The van der Waals surface area contributed by atoms with Gasteiger partial charge in [-0.3, -0.25) is 4.79 Å². The zero-order valence-corrected chi connectivity index (χ0v) is 21.9. The van der Waals surface area contributed by atoms with Crippen LogP contribution in [0.15, 0.2) is 42.5 Å². The lowest BCUT2D eigenvalue weighted by molar-refractivity contribution is 0.0396. The SMILES string of the molecule is CCOc1ccc(C(=O)CCC(C)(O)c2cc3c(c(-c4ccc(F)c(C)c4)n2)OCC3(C)N)cc1OC. The molecular formula is C29H33FN2O5. The van der Waals surface area contributed by atoms with Crippen LogP contribution in [0.4, 0.5) is 4.39 Å². The Morgan fingerprint density at radius 2 is 2.00 bits per heavy atom. The number of nitrogens with zero attached hydrogens (tertiary/aromatic N) is 1. The average molecular weight is 509 g/mol. The first-order valence-corrected chi connectivity index (χ1v) is 12.3. The van der Waals surface area contributed by atoms with Gasteiger partial charge >= 0.3 is 0 Å². The van der Waals surface area contributed by atoms with Crippen molar-refractivity contribution in [2.75, 3.05) is 20.3 Å². The summed E-state index contributed by atoms with van der Waals surface area (Å²) in [5.41, 5.74) is 7.39. The molecule has 4 rings (SSSR count). The Hall–Kier alpha value is -3.49. The fraction of sp³-hybridized carbons (Fsp3) is 0.379. The van der Waals surface area contributed by atoms with Gasteiger partial charge in [0.15, 0.2) is 23.0 Å². The molecule has 2 unspecified atom stereocenters. The van der Waals surface area contributed by atoms with Crippen molar-refractivity contribution in [2.45, 2.75) is 51.7 Å². The van der Waals surface area contributed by atoms with Crippen molar-refractivity contribution in [1.29, 1.82) is 0 Å². The molecule has 2 aromatic carbocycles. The molecule has 2 heterocycles. The number of benzene rings is 2. The number of ketones is 1. The van der Waals surface area contributed by atoms with Crippen LogP contribution in [0, 0.1) is 12.7 Å². The molecule has 0 saturated carbocycles. The van der Waals surface area contributed by atoms with E-state index in [1.165, 1.54) is 13.2 Å². The maximum Gasteiger partial charge on any atom is 0.163 e. The first-order chi connectivity index (χ1) is 17.5. The van der Waals surface area contributed by atoms with Crippen molar-refractivity contribution in [3.8, 4) is 28.5 Å². The van der Waals surface area contributed by atoms with Crippen molar-refractivity contribution in [3.05, 3.63) is 70.7 Å². The first kappa shape index (κ1) is 26.6. The molecule has 8 heteroatoms. The Morgan fingerprint density at radius 1 is 1.24 bits per heavy atom. The lowest BCUT2D eigenvalue weighted by Crippen LogP contribution is -2.35. The molecule has 1 aliphatic heterocycles. The fourth-order valence-electron chi connectivity index (χ4n) is 4.41. The number of methoxy groups -OCH3 is 1. The van der Waals surface area contributed by atoms with E-state index in [0.717, 1.165) is 0 Å². The van der Waals surface area contributed by atoms with Crippen LogP contribution >= 0.6 is 0 Å². The number of pyridine rings is 1. The summed E-state index contributed by atoms with van der Waals surface area (Å²) >= 11 is 0. The van der Waals surface area contributed by atoms with Crippen molar-refractivity contribution in [1.82, 2.24) is 4.98 Å². The quantitative estimate of drug-likeness (QED) is 0.390. The second-order valence-corrected chi connectivity index (χ2v) is 9.90. The monoisotopic (exact) mass is 508 g/mol. The zero-order valence-electron chi connectivity index (χ0n) is 21.9. The van der Waals surface area contributed by atoms with Crippen LogP contribution in [0.5, 0.6) is 17.2 Å². The van der Waals surface area contributed by atoms with E-state index >= 15 is 0 Å². The Labute approximate surface area is 216 Å². The number of aryl methyl sites for hydroxylation is 1. The minimum Gasteiger partial charge on any atom is -0.493 e. The lowest BCUT2D eigenvalue weighted by Gasteiger charge is -2.25. The minimum absolute atomic E-state index is 0.0737. The first-order valence-electron chi connectivity index (χ1n) is 12.3. The second kappa shape index (κ2) is 10.1. The van der Waals surface area contributed by atoms with E-state index in [9.17, 15) is 14.3 Å². The number of ether oxygens (including phenoxy) is 3. The Kier molecular flexibility index (Phi) is 7.26. The maximum absolute atomic E-state index is 13.9. The summed E-state index contributed by atoms with van der Waals surface area (Å²) in [6, 6.07) is 11.5. The summed E-state index contributed by atoms with van der Waals surface area (Å²) in [6.45, 7) is 7.74. The van der Waals surface area contributed by atoms with Gasteiger partial charge in [0.1, 0.15) is 23.7 Å². The molecule has 0 bridgehead atoms. The second-order valence-electron chi connectivity index (χ2n) is 9.90. The number of Topliss-reactive ketones (excluding diaryl/α,β-unsaturated/α-hetero) is 1. The average Bonchev–Trinajstić information content (AvgIpc) is 3.18. The number of nitrogens with two attached hydrogens (primary N) is 1. The molecule has 0 saturated heterocycles. The summed E-state index contributed by atoms with van der Waals surface area (Å²) < 4.78 is 30.7. The van der Waals surface area contributed by atoms with Crippen LogP contribution in [0.3, 0.4) is 0 Å². The van der Waals surface area contributed by atoms with Crippen LogP contribution in [-0.4, -0.2) is 36.2 Å². The third kappa shape index (κ3) is 5.31. The largest absolute Gasteiger partial charge is 0.493 e. The molecule has 2 atom stereocenters. The third-order valence-corrected chi connectivity index (χ3v) is 6.71. The van der Waals surface area contributed by atoms with Crippen molar-refractivity contribution >= 4 is 5.78 Å². The number of hydrogen-bond donors (Lipinski definition) is 2. The van der Waals surface area contributed by atoms with Crippen molar-refractivity contribution in [3.63, 3.8) is 0 Å². The molecule has 1 aromatic heterocycles. The summed E-state index contributed by atoms with van der Waals surface area (Å²) in [7, 11) is 1.52. The molecule has 0 radical (unpaired) electrons. The van der Waals surface area contributed by atoms with Crippen LogP contribution in [0.25, 0.3) is 11.3 Å². The van der Waals surface area contributed by atoms with Crippen molar-refractivity contribution in [2.24, 2.45) is 5.73 Å².